The first kappa shape index (κ1) is 34.8. The van der Waals surface area contributed by atoms with Crippen LogP contribution in [0.4, 0.5) is 0 Å². The van der Waals surface area contributed by atoms with E-state index >= 15 is 0 Å². The van der Waals surface area contributed by atoms with Gasteiger partial charge in [0.1, 0.15) is 0 Å². The highest BCUT2D eigenvalue weighted by Crippen LogP contribution is 2.41. The highest BCUT2D eigenvalue weighted by molar-refractivity contribution is 6.17. The smallest absolute Gasteiger partial charge is 0.164 e. The van der Waals surface area contributed by atoms with Crippen molar-refractivity contribution in [3.63, 3.8) is 0 Å². The Hall–Kier alpha value is -8.21. The van der Waals surface area contributed by atoms with Crippen molar-refractivity contribution >= 4 is 54.1 Å². The molecule has 0 unspecified atom stereocenters. The molecule has 2 heterocycles. The Morgan fingerprint density at radius 1 is 0.262 bits per heavy atom. The van der Waals surface area contributed by atoms with Gasteiger partial charge in [-0.15, -0.1) is 0 Å². The van der Waals surface area contributed by atoms with Gasteiger partial charge in [-0.2, -0.15) is 0 Å². The molecule has 4 nitrogen and oxygen atoms in total. The minimum absolute atomic E-state index is 0.614. The van der Waals surface area contributed by atoms with Crippen molar-refractivity contribution in [3.8, 4) is 62.1 Å². The van der Waals surface area contributed by atoms with E-state index in [0.29, 0.717) is 17.5 Å². The molecule has 0 bridgehead atoms. The molecule has 12 aromatic rings. The van der Waals surface area contributed by atoms with E-state index in [9.17, 15) is 0 Å². The number of nitrogens with zero attached hydrogens (tertiary/aromatic N) is 4. The Balaban J connectivity index is 1.14. The molecule has 61 heavy (non-hydrogen) atoms. The normalized spacial score (nSPS) is 11.6. The van der Waals surface area contributed by atoms with Gasteiger partial charge >= 0.3 is 0 Å². The maximum absolute atomic E-state index is 5.24. The summed E-state index contributed by atoms with van der Waals surface area (Å²) in [6.07, 6.45) is 0. The summed E-state index contributed by atoms with van der Waals surface area (Å²) < 4.78 is 2.46. The second-order valence-corrected chi connectivity index (χ2v) is 15.7. The largest absolute Gasteiger partial charge is 0.309 e. The van der Waals surface area contributed by atoms with Gasteiger partial charge in [-0.1, -0.05) is 164 Å². The number of aromatic nitrogens is 4. The van der Waals surface area contributed by atoms with E-state index in [1.54, 1.807) is 0 Å². The van der Waals surface area contributed by atoms with Crippen molar-refractivity contribution in [2.75, 3.05) is 0 Å². The summed E-state index contributed by atoms with van der Waals surface area (Å²) in [6.45, 7) is 0. The molecular weight excluding hydrogens is 741 g/mol. The van der Waals surface area contributed by atoms with Crippen molar-refractivity contribution in [2.45, 2.75) is 0 Å². The molecule has 0 aliphatic carbocycles. The molecule has 0 spiro atoms. The fraction of sp³-hybridized carbons (Fsp3) is 0. The highest BCUT2D eigenvalue weighted by Gasteiger charge is 2.20. The molecule has 0 N–H and O–H groups in total. The van der Waals surface area contributed by atoms with Gasteiger partial charge in [-0.05, 0) is 104 Å². The summed E-state index contributed by atoms with van der Waals surface area (Å²) in [7, 11) is 0. The second kappa shape index (κ2) is 14.3. The molecule has 0 atom stereocenters. The Morgan fingerprint density at radius 2 is 0.705 bits per heavy atom. The van der Waals surface area contributed by atoms with Crippen LogP contribution < -0.4 is 0 Å². The van der Waals surface area contributed by atoms with Gasteiger partial charge in [0.05, 0.1) is 16.7 Å². The first-order valence-electron chi connectivity index (χ1n) is 20.7. The van der Waals surface area contributed by atoms with Gasteiger partial charge < -0.3 is 4.57 Å². The summed E-state index contributed by atoms with van der Waals surface area (Å²) in [5.74, 6) is 1.88. The number of benzene rings is 10. The summed E-state index contributed by atoms with van der Waals surface area (Å²) in [6, 6.07) is 77.9. The minimum Gasteiger partial charge on any atom is -0.309 e. The molecule has 0 aliphatic rings. The Kier molecular flexibility index (Phi) is 8.13. The molecule has 0 amide bonds. The lowest BCUT2D eigenvalue weighted by atomic mass is 9.96. The quantitative estimate of drug-likeness (QED) is 0.169. The van der Waals surface area contributed by atoms with E-state index in [1.807, 2.05) is 18.2 Å². The molecule has 0 aliphatic heterocycles. The van der Waals surface area contributed by atoms with E-state index in [0.717, 1.165) is 55.5 Å². The monoisotopic (exact) mass is 776 g/mol. The topological polar surface area (TPSA) is 43.6 Å². The van der Waals surface area contributed by atoms with Gasteiger partial charge in [0.2, 0.25) is 0 Å². The number of hydrogen-bond donors (Lipinski definition) is 0. The van der Waals surface area contributed by atoms with Crippen LogP contribution in [0.2, 0.25) is 0 Å². The Bertz CT molecular complexity index is 3550. The van der Waals surface area contributed by atoms with Crippen LogP contribution >= 0.6 is 0 Å². The molecule has 0 saturated heterocycles. The predicted octanol–water partition coefficient (Wildman–Crippen LogP) is 14.8. The maximum Gasteiger partial charge on any atom is 0.164 e. The van der Waals surface area contributed by atoms with Gasteiger partial charge in [0, 0.05) is 33.0 Å². The lowest BCUT2D eigenvalue weighted by Gasteiger charge is -2.17. The average Bonchev–Trinajstić information content (AvgIpc) is 3.63. The van der Waals surface area contributed by atoms with Crippen LogP contribution in [-0.2, 0) is 0 Å². The van der Waals surface area contributed by atoms with E-state index in [1.165, 1.54) is 43.3 Å². The molecule has 0 radical (unpaired) electrons. The molecule has 0 saturated carbocycles. The molecular formula is C57H36N4. The zero-order valence-electron chi connectivity index (χ0n) is 33.1. The van der Waals surface area contributed by atoms with Crippen molar-refractivity contribution in [2.24, 2.45) is 0 Å². The fourth-order valence-corrected chi connectivity index (χ4v) is 8.92. The second-order valence-electron chi connectivity index (χ2n) is 15.7. The SMILES string of the molecule is c1ccc(-c2cccc(-c3cc(-c4nc(-c5ccccc5)nc(-c5ccc6ccccc6c5)n4)ccc3-n3c4cc5ccccc5cc4c4cc5ccccc5cc43)c2)cc1. The third kappa shape index (κ3) is 6.12. The Morgan fingerprint density at radius 3 is 1.31 bits per heavy atom. The van der Waals surface area contributed by atoms with Crippen LogP contribution in [0.3, 0.4) is 0 Å². The van der Waals surface area contributed by atoms with Crippen molar-refractivity contribution in [1.29, 1.82) is 0 Å². The third-order valence-electron chi connectivity index (χ3n) is 12.0. The Labute approximate surface area is 352 Å². The van der Waals surface area contributed by atoms with Crippen LogP contribution in [0.1, 0.15) is 0 Å². The zero-order valence-corrected chi connectivity index (χ0v) is 33.1. The summed E-state index contributed by atoms with van der Waals surface area (Å²) in [5.41, 5.74) is 10.7. The van der Waals surface area contributed by atoms with Gasteiger partial charge in [0.25, 0.3) is 0 Å². The first-order chi connectivity index (χ1) is 30.2. The lowest BCUT2D eigenvalue weighted by molar-refractivity contribution is 1.07. The van der Waals surface area contributed by atoms with Gasteiger partial charge in [0.15, 0.2) is 17.5 Å². The lowest BCUT2D eigenvalue weighted by Crippen LogP contribution is -2.02. The number of hydrogen-bond acceptors (Lipinski definition) is 3. The first-order valence-corrected chi connectivity index (χ1v) is 20.7. The van der Waals surface area contributed by atoms with Crippen molar-refractivity contribution < 1.29 is 0 Å². The zero-order chi connectivity index (χ0) is 40.3. The molecule has 284 valence electrons. The fourth-order valence-electron chi connectivity index (χ4n) is 8.92. The molecule has 4 heteroatoms. The van der Waals surface area contributed by atoms with Crippen LogP contribution in [0.25, 0.3) is 116 Å². The molecule has 0 fully saturated rings. The van der Waals surface area contributed by atoms with E-state index < -0.39 is 0 Å². The van der Waals surface area contributed by atoms with E-state index in [4.69, 9.17) is 15.0 Å². The number of rotatable bonds is 6. The van der Waals surface area contributed by atoms with E-state index in [-0.39, 0.29) is 0 Å². The minimum atomic E-state index is 0.614. The van der Waals surface area contributed by atoms with Gasteiger partial charge in [-0.25, -0.2) is 15.0 Å². The summed E-state index contributed by atoms with van der Waals surface area (Å²) in [5, 5.41) is 9.60. The van der Waals surface area contributed by atoms with Crippen LogP contribution in [0, 0.1) is 0 Å². The number of fused-ring (bicyclic) bond motifs is 6. The highest BCUT2D eigenvalue weighted by atomic mass is 15.0. The van der Waals surface area contributed by atoms with Crippen molar-refractivity contribution in [3.05, 3.63) is 218 Å². The molecule has 12 rings (SSSR count). The summed E-state index contributed by atoms with van der Waals surface area (Å²) in [4.78, 5) is 15.5. The summed E-state index contributed by atoms with van der Waals surface area (Å²) >= 11 is 0. The third-order valence-corrected chi connectivity index (χ3v) is 12.0. The maximum atomic E-state index is 5.24. The van der Waals surface area contributed by atoms with Crippen LogP contribution in [0.15, 0.2) is 218 Å². The molecule has 2 aromatic heterocycles. The standard InChI is InChI=1S/C57H36N4/c1-3-14-37(15-4-1)41-24-13-25-46(30-41)49-34-48(57-59-55(39-17-5-2-6-18-39)58-56(60-57)47-27-26-38-16-7-8-19-40(38)31-47)28-29-52(49)61-53-35-44-22-11-9-20-42(44)32-50(53)51-33-43-21-10-12-23-45(43)36-54(51)61/h1-36H. The van der Waals surface area contributed by atoms with Crippen molar-refractivity contribution in [1.82, 2.24) is 19.5 Å². The van der Waals surface area contributed by atoms with Crippen LogP contribution in [0.5, 0.6) is 0 Å². The van der Waals surface area contributed by atoms with Crippen LogP contribution in [-0.4, -0.2) is 19.5 Å². The average molecular weight is 777 g/mol. The predicted molar refractivity (Wildman–Crippen MR) is 254 cm³/mol. The van der Waals surface area contributed by atoms with E-state index in [2.05, 4.69) is 205 Å². The van der Waals surface area contributed by atoms with Gasteiger partial charge in [-0.3, -0.25) is 0 Å². The molecule has 10 aromatic carbocycles.